The first-order valence-corrected chi connectivity index (χ1v) is 11.1. The molecule has 0 bridgehead atoms. The number of rotatable bonds is 9. The number of ether oxygens (including phenoxy) is 2. The molecule has 0 aromatic heterocycles. The third-order valence-electron chi connectivity index (χ3n) is 6.18. The van der Waals surface area contributed by atoms with Crippen molar-refractivity contribution in [1.82, 2.24) is 14.7 Å². The van der Waals surface area contributed by atoms with E-state index in [0.717, 1.165) is 89.5 Å². The Morgan fingerprint density at radius 3 is 2.69 bits per heavy atom. The number of carbonyl (C=O) groups excluding carboxylic acids is 1. The van der Waals surface area contributed by atoms with Crippen LogP contribution in [0.2, 0.25) is 0 Å². The van der Waals surface area contributed by atoms with Gasteiger partial charge in [0.2, 0.25) is 5.91 Å². The van der Waals surface area contributed by atoms with Gasteiger partial charge in [-0.05, 0) is 57.0 Å². The molecule has 2 aliphatic heterocycles. The van der Waals surface area contributed by atoms with Gasteiger partial charge in [0, 0.05) is 58.4 Å². The van der Waals surface area contributed by atoms with Gasteiger partial charge < -0.3 is 24.2 Å². The van der Waals surface area contributed by atoms with Crippen molar-refractivity contribution >= 4 is 5.91 Å². The summed E-state index contributed by atoms with van der Waals surface area (Å²) in [6.45, 7) is 8.03. The smallest absolute Gasteiger partial charge is 0.223 e. The van der Waals surface area contributed by atoms with Crippen LogP contribution in [0.1, 0.15) is 31.2 Å². The summed E-state index contributed by atoms with van der Waals surface area (Å²) < 4.78 is 10.8. The van der Waals surface area contributed by atoms with Crippen LogP contribution in [-0.4, -0.2) is 93.3 Å². The summed E-state index contributed by atoms with van der Waals surface area (Å²) in [6, 6.07) is 8.36. The zero-order chi connectivity index (χ0) is 20.5. The van der Waals surface area contributed by atoms with Crippen molar-refractivity contribution in [2.75, 3.05) is 66.6 Å². The molecule has 1 aromatic rings. The molecule has 6 heteroatoms. The lowest BCUT2D eigenvalue weighted by atomic mass is 10.0. The Bertz CT molecular complexity index is 626. The molecule has 0 unspecified atom stereocenters. The molecule has 0 aliphatic carbocycles. The number of hydrogen-bond acceptors (Lipinski definition) is 5. The molecular weight excluding hydrogens is 366 g/mol. The monoisotopic (exact) mass is 403 g/mol. The van der Waals surface area contributed by atoms with Gasteiger partial charge in [-0.15, -0.1) is 0 Å². The van der Waals surface area contributed by atoms with E-state index in [-0.39, 0.29) is 5.91 Å². The second-order valence-corrected chi connectivity index (χ2v) is 8.28. The number of benzene rings is 1. The van der Waals surface area contributed by atoms with Gasteiger partial charge in [0.25, 0.3) is 0 Å². The number of amides is 1. The zero-order valence-corrected chi connectivity index (χ0v) is 18.1. The van der Waals surface area contributed by atoms with Crippen LogP contribution in [0.4, 0.5) is 0 Å². The van der Waals surface area contributed by atoms with E-state index < -0.39 is 0 Å². The van der Waals surface area contributed by atoms with E-state index in [1.54, 1.807) is 7.11 Å². The maximum atomic E-state index is 13.1. The van der Waals surface area contributed by atoms with Gasteiger partial charge in [-0.25, -0.2) is 0 Å². The summed E-state index contributed by atoms with van der Waals surface area (Å²) in [5, 5.41) is 0. The predicted octanol–water partition coefficient (Wildman–Crippen LogP) is 2.27. The van der Waals surface area contributed by atoms with Crippen molar-refractivity contribution in [2.24, 2.45) is 0 Å². The average molecular weight is 404 g/mol. The number of hydrogen-bond donors (Lipinski definition) is 0. The highest BCUT2D eigenvalue weighted by Crippen LogP contribution is 2.19. The van der Waals surface area contributed by atoms with Crippen LogP contribution in [0, 0.1) is 0 Å². The van der Waals surface area contributed by atoms with Gasteiger partial charge in [-0.1, -0.05) is 12.1 Å². The minimum Gasteiger partial charge on any atom is -0.497 e. The fourth-order valence-corrected chi connectivity index (χ4v) is 4.27. The van der Waals surface area contributed by atoms with Gasteiger partial charge in [0.05, 0.1) is 7.11 Å². The zero-order valence-electron chi connectivity index (χ0n) is 18.1. The van der Waals surface area contributed by atoms with E-state index in [0.29, 0.717) is 12.5 Å². The first-order chi connectivity index (χ1) is 14.2. The fourth-order valence-electron chi connectivity index (χ4n) is 4.27. The average Bonchev–Trinajstić information content (AvgIpc) is 2.77. The van der Waals surface area contributed by atoms with E-state index >= 15 is 0 Å². The van der Waals surface area contributed by atoms with E-state index in [9.17, 15) is 4.79 Å². The second kappa shape index (κ2) is 11.5. The van der Waals surface area contributed by atoms with Crippen molar-refractivity contribution in [3.05, 3.63) is 29.8 Å². The van der Waals surface area contributed by atoms with E-state index in [1.165, 1.54) is 0 Å². The van der Waals surface area contributed by atoms with Crippen LogP contribution < -0.4 is 4.74 Å². The first-order valence-electron chi connectivity index (χ1n) is 11.1. The third-order valence-corrected chi connectivity index (χ3v) is 6.18. The van der Waals surface area contributed by atoms with Crippen molar-refractivity contribution in [3.8, 4) is 5.75 Å². The van der Waals surface area contributed by atoms with Crippen LogP contribution in [0.15, 0.2) is 24.3 Å². The maximum absolute atomic E-state index is 13.1. The standard InChI is InChI=1S/C23H37N3O3/c1-24-13-15-25(16-14-24)11-4-12-26(21-9-17-29-18-10-21)23(27)8-7-20-5-3-6-22(19-20)28-2/h3,5-6,19,21H,4,7-18H2,1-2H3. The lowest BCUT2D eigenvalue weighted by molar-refractivity contribution is -0.135. The predicted molar refractivity (Wildman–Crippen MR) is 115 cm³/mol. The summed E-state index contributed by atoms with van der Waals surface area (Å²) in [6.07, 6.45) is 4.28. The van der Waals surface area contributed by atoms with Gasteiger partial charge in [0.15, 0.2) is 0 Å². The van der Waals surface area contributed by atoms with Crippen molar-refractivity contribution < 1.29 is 14.3 Å². The first kappa shape index (κ1) is 22.1. The Balaban J connectivity index is 1.51. The Morgan fingerprint density at radius 2 is 1.97 bits per heavy atom. The third kappa shape index (κ3) is 6.98. The van der Waals surface area contributed by atoms with Gasteiger partial charge in [0.1, 0.15) is 5.75 Å². The lowest BCUT2D eigenvalue weighted by Gasteiger charge is -2.36. The summed E-state index contributed by atoms with van der Waals surface area (Å²) in [7, 11) is 3.86. The van der Waals surface area contributed by atoms with E-state index in [4.69, 9.17) is 9.47 Å². The van der Waals surface area contributed by atoms with E-state index in [2.05, 4.69) is 27.8 Å². The highest BCUT2D eigenvalue weighted by Gasteiger charge is 2.25. The molecule has 2 saturated heterocycles. The molecule has 1 aromatic carbocycles. The highest BCUT2D eigenvalue weighted by atomic mass is 16.5. The topological polar surface area (TPSA) is 45.2 Å². The largest absolute Gasteiger partial charge is 0.497 e. The molecular formula is C23H37N3O3. The van der Waals surface area contributed by atoms with Crippen LogP contribution in [-0.2, 0) is 16.0 Å². The molecule has 162 valence electrons. The minimum absolute atomic E-state index is 0.276. The highest BCUT2D eigenvalue weighted by molar-refractivity contribution is 5.76. The van der Waals surface area contributed by atoms with Crippen molar-refractivity contribution in [3.63, 3.8) is 0 Å². The fraction of sp³-hybridized carbons (Fsp3) is 0.696. The number of methoxy groups -OCH3 is 1. The maximum Gasteiger partial charge on any atom is 0.223 e. The Labute approximate surface area is 175 Å². The molecule has 0 N–H and O–H groups in total. The summed E-state index contributed by atoms with van der Waals surface area (Å²) in [4.78, 5) is 20.2. The number of likely N-dealkylation sites (N-methyl/N-ethyl adjacent to an activating group) is 1. The van der Waals surface area contributed by atoms with Gasteiger partial charge in [-0.2, -0.15) is 0 Å². The quantitative estimate of drug-likeness (QED) is 0.633. The summed E-state index contributed by atoms with van der Waals surface area (Å²) >= 11 is 0. The molecule has 2 aliphatic rings. The minimum atomic E-state index is 0.276. The van der Waals surface area contributed by atoms with Crippen LogP contribution >= 0.6 is 0 Å². The van der Waals surface area contributed by atoms with Crippen molar-refractivity contribution in [2.45, 2.75) is 38.1 Å². The molecule has 2 fully saturated rings. The SMILES string of the molecule is COc1cccc(CCC(=O)N(CCCN2CCN(C)CC2)C2CCOCC2)c1. The normalized spacial score (nSPS) is 19.2. The van der Waals surface area contributed by atoms with Gasteiger partial charge in [-0.3, -0.25) is 4.79 Å². The molecule has 29 heavy (non-hydrogen) atoms. The van der Waals surface area contributed by atoms with Gasteiger partial charge >= 0.3 is 0 Å². The molecule has 1 amide bonds. The number of nitrogens with zero attached hydrogens (tertiary/aromatic N) is 3. The van der Waals surface area contributed by atoms with Crippen LogP contribution in [0.25, 0.3) is 0 Å². The second-order valence-electron chi connectivity index (χ2n) is 8.28. The van der Waals surface area contributed by atoms with Crippen LogP contribution in [0.5, 0.6) is 5.75 Å². The molecule has 2 heterocycles. The lowest BCUT2D eigenvalue weighted by Crippen LogP contribution is -2.47. The molecule has 6 nitrogen and oxygen atoms in total. The Morgan fingerprint density at radius 1 is 1.21 bits per heavy atom. The molecule has 3 rings (SSSR count). The summed E-state index contributed by atoms with van der Waals surface area (Å²) in [5.41, 5.74) is 1.15. The van der Waals surface area contributed by atoms with E-state index in [1.807, 2.05) is 18.2 Å². The Kier molecular flexibility index (Phi) is 8.77. The number of aryl methyl sites for hydroxylation is 1. The van der Waals surface area contributed by atoms with Crippen LogP contribution in [0.3, 0.4) is 0 Å². The van der Waals surface area contributed by atoms with Crippen molar-refractivity contribution in [1.29, 1.82) is 0 Å². The summed E-state index contributed by atoms with van der Waals surface area (Å²) in [5.74, 6) is 1.13. The molecule has 0 atom stereocenters. The molecule has 0 saturated carbocycles. The molecule has 0 spiro atoms. The number of piperazine rings is 1. The molecule has 0 radical (unpaired) electrons. The Hall–Kier alpha value is -1.63. The number of carbonyl (C=O) groups is 1.